The van der Waals surface area contributed by atoms with E-state index in [2.05, 4.69) is 18.1 Å². The molecule has 0 N–H and O–H groups in total. The van der Waals surface area contributed by atoms with Gasteiger partial charge >= 0.3 is 0 Å². The van der Waals surface area contributed by atoms with Crippen molar-refractivity contribution in [2.24, 2.45) is 5.92 Å². The minimum atomic E-state index is -0.0828. The summed E-state index contributed by atoms with van der Waals surface area (Å²) in [5, 5.41) is 0. The molecule has 0 saturated heterocycles. The number of anilines is 2. The summed E-state index contributed by atoms with van der Waals surface area (Å²) < 4.78 is 0. The molecule has 2 rings (SSSR count). The number of rotatable bonds is 3. The molecule has 20 heavy (non-hydrogen) atoms. The van der Waals surface area contributed by atoms with Gasteiger partial charge in [-0.05, 0) is 24.3 Å². The number of benzene rings is 1. The Balaban J connectivity index is 2.60. The Kier molecular flexibility index (Phi) is 4.08. The first-order valence-corrected chi connectivity index (χ1v) is 6.69. The van der Waals surface area contributed by atoms with E-state index >= 15 is 0 Å². The fourth-order valence-corrected chi connectivity index (χ4v) is 2.51. The standard InChI is InChI=1S/C17H20N2O/c1-5-9-14(6-2)19-12-13(3)17(20)18(4)15-10-7-8-11-16(15)19/h5-11,13H,1-2,12H2,3-4H3/b14-9+. The van der Waals surface area contributed by atoms with Crippen LogP contribution in [0.25, 0.3) is 0 Å². The first-order chi connectivity index (χ1) is 9.60. The van der Waals surface area contributed by atoms with Crippen LogP contribution in [0.1, 0.15) is 6.92 Å². The van der Waals surface area contributed by atoms with Crippen LogP contribution in [-0.2, 0) is 4.79 Å². The summed E-state index contributed by atoms with van der Waals surface area (Å²) in [6.07, 6.45) is 5.44. The van der Waals surface area contributed by atoms with Crippen LogP contribution < -0.4 is 9.80 Å². The van der Waals surface area contributed by atoms with E-state index in [1.54, 1.807) is 17.1 Å². The summed E-state index contributed by atoms with van der Waals surface area (Å²) in [6, 6.07) is 7.92. The number of fused-ring (bicyclic) bond motifs is 1. The van der Waals surface area contributed by atoms with Crippen molar-refractivity contribution in [1.29, 1.82) is 0 Å². The van der Waals surface area contributed by atoms with Crippen molar-refractivity contribution in [2.45, 2.75) is 6.92 Å². The summed E-state index contributed by atoms with van der Waals surface area (Å²) >= 11 is 0. The molecule has 0 aliphatic carbocycles. The van der Waals surface area contributed by atoms with Gasteiger partial charge < -0.3 is 9.80 Å². The van der Waals surface area contributed by atoms with E-state index in [-0.39, 0.29) is 11.8 Å². The van der Waals surface area contributed by atoms with Gasteiger partial charge in [0.1, 0.15) is 0 Å². The molecule has 3 nitrogen and oxygen atoms in total. The molecule has 3 heteroatoms. The Morgan fingerprint density at radius 2 is 1.95 bits per heavy atom. The SMILES string of the molecule is C=C/C=C(\C=C)N1CC(C)C(=O)N(C)c2ccccc21. The zero-order valence-corrected chi connectivity index (χ0v) is 12.0. The maximum atomic E-state index is 12.4. The minimum Gasteiger partial charge on any atom is -0.339 e. The fraction of sp³-hybridized carbons (Fsp3) is 0.235. The quantitative estimate of drug-likeness (QED) is 0.785. The number of para-hydroxylation sites is 2. The third-order valence-electron chi connectivity index (χ3n) is 3.55. The van der Waals surface area contributed by atoms with Crippen molar-refractivity contribution in [3.8, 4) is 0 Å². The van der Waals surface area contributed by atoms with Gasteiger partial charge in [-0.1, -0.05) is 38.3 Å². The smallest absolute Gasteiger partial charge is 0.231 e. The molecule has 1 unspecified atom stereocenters. The molecule has 0 radical (unpaired) electrons. The van der Waals surface area contributed by atoms with Crippen LogP contribution in [0.15, 0.2) is 61.3 Å². The Morgan fingerprint density at radius 1 is 1.30 bits per heavy atom. The summed E-state index contributed by atoms with van der Waals surface area (Å²) in [6.45, 7) is 10.2. The van der Waals surface area contributed by atoms with Gasteiger partial charge in [0, 0.05) is 19.3 Å². The Labute approximate surface area is 120 Å². The molecule has 0 saturated carbocycles. The van der Waals surface area contributed by atoms with Gasteiger partial charge in [-0.2, -0.15) is 0 Å². The average Bonchev–Trinajstić information content (AvgIpc) is 2.56. The van der Waals surface area contributed by atoms with E-state index < -0.39 is 0 Å². The molecule has 1 aliphatic heterocycles. The van der Waals surface area contributed by atoms with Gasteiger partial charge in [0.25, 0.3) is 0 Å². The zero-order valence-electron chi connectivity index (χ0n) is 12.0. The highest BCUT2D eigenvalue weighted by Crippen LogP contribution is 2.35. The summed E-state index contributed by atoms with van der Waals surface area (Å²) in [5.41, 5.74) is 2.88. The zero-order chi connectivity index (χ0) is 14.7. The van der Waals surface area contributed by atoms with Crippen molar-refractivity contribution in [2.75, 3.05) is 23.4 Å². The summed E-state index contributed by atoms with van der Waals surface area (Å²) in [4.78, 5) is 16.2. The van der Waals surface area contributed by atoms with Gasteiger partial charge in [-0.25, -0.2) is 0 Å². The van der Waals surface area contributed by atoms with E-state index in [0.29, 0.717) is 6.54 Å². The van der Waals surface area contributed by atoms with Gasteiger partial charge in [0.2, 0.25) is 5.91 Å². The number of carbonyl (C=O) groups is 1. The number of carbonyl (C=O) groups excluding carboxylic acids is 1. The number of allylic oxidation sites excluding steroid dienone is 3. The Hall–Kier alpha value is -2.29. The third-order valence-corrected chi connectivity index (χ3v) is 3.55. The van der Waals surface area contributed by atoms with Crippen LogP contribution in [-0.4, -0.2) is 19.5 Å². The molecule has 0 aromatic heterocycles. The lowest BCUT2D eigenvalue weighted by Gasteiger charge is -2.26. The van der Waals surface area contributed by atoms with Crippen molar-refractivity contribution in [3.63, 3.8) is 0 Å². The highest BCUT2D eigenvalue weighted by molar-refractivity contribution is 5.99. The van der Waals surface area contributed by atoms with Crippen LogP contribution in [0.5, 0.6) is 0 Å². The van der Waals surface area contributed by atoms with Crippen LogP contribution in [0.3, 0.4) is 0 Å². The predicted octanol–water partition coefficient (Wildman–Crippen LogP) is 3.36. The maximum Gasteiger partial charge on any atom is 0.231 e. The first kappa shape index (κ1) is 14.1. The van der Waals surface area contributed by atoms with E-state index in [9.17, 15) is 4.79 Å². The molecule has 0 bridgehead atoms. The maximum absolute atomic E-state index is 12.4. The van der Waals surface area contributed by atoms with Crippen molar-refractivity contribution in [3.05, 3.63) is 61.3 Å². The van der Waals surface area contributed by atoms with Gasteiger partial charge in [0.05, 0.1) is 17.3 Å². The Bertz CT molecular complexity index is 574. The third kappa shape index (κ3) is 2.39. The number of hydrogen-bond donors (Lipinski definition) is 0. The summed E-state index contributed by atoms with van der Waals surface area (Å²) in [7, 11) is 1.83. The number of hydrogen-bond acceptors (Lipinski definition) is 2. The lowest BCUT2D eigenvalue weighted by molar-refractivity contribution is -0.121. The predicted molar refractivity (Wildman–Crippen MR) is 84.8 cm³/mol. The highest BCUT2D eigenvalue weighted by Gasteiger charge is 2.29. The second-order valence-electron chi connectivity index (χ2n) is 4.93. The molecule has 1 aromatic carbocycles. The van der Waals surface area contributed by atoms with E-state index in [0.717, 1.165) is 17.1 Å². The van der Waals surface area contributed by atoms with Gasteiger partial charge in [0.15, 0.2) is 0 Å². The molecule has 0 spiro atoms. The fourth-order valence-electron chi connectivity index (χ4n) is 2.51. The van der Waals surface area contributed by atoms with Crippen LogP contribution in [0.4, 0.5) is 11.4 Å². The van der Waals surface area contributed by atoms with E-state index in [4.69, 9.17) is 0 Å². The van der Waals surface area contributed by atoms with Crippen molar-refractivity contribution < 1.29 is 4.79 Å². The van der Waals surface area contributed by atoms with Crippen molar-refractivity contribution in [1.82, 2.24) is 0 Å². The van der Waals surface area contributed by atoms with E-state index in [1.807, 2.05) is 44.3 Å². The van der Waals surface area contributed by atoms with Crippen molar-refractivity contribution >= 4 is 17.3 Å². The lowest BCUT2D eigenvalue weighted by atomic mass is 10.1. The lowest BCUT2D eigenvalue weighted by Crippen LogP contribution is -2.33. The molecule has 104 valence electrons. The molecule has 1 atom stereocenters. The van der Waals surface area contributed by atoms with Gasteiger partial charge in [-0.3, -0.25) is 4.79 Å². The minimum absolute atomic E-state index is 0.0828. The normalized spacial score (nSPS) is 19.4. The molecule has 0 fully saturated rings. The molecule has 1 amide bonds. The first-order valence-electron chi connectivity index (χ1n) is 6.69. The van der Waals surface area contributed by atoms with Crippen LogP contribution in [0, 0.1) is 5.92 Å². The Morgan fingerprint density at radius 3 is 2.55 bits per heavy atom. The monoisotopic (exact) mass is 268 g/mol. The number of nitrogens with zero attached hydrogens (tertiary/aromatic N) is 2. The molecule has 1 aliphatic rings. The molecule has 1 aromatic rings. The van der Waals surface area contributed by atoms with Crippen LogP contribution in [0.2, 0.25) is 0 Å². The average molecular weight is 268 g/mol. The molecular weight excluding hydrogens is 248 g/mol. The van der Waals surface area contributed by atoms with Crippen LogP contribution >= 0.6 is 0 Å². The highest BCUT2D eigenvalue weighted by atomic mass is 16.2. The topological polar surface area (TPSA) is 23.6 Å². The molecule has 1 heterocycles. The largest absolute Gasteiger partial charge is 0.339 e. The van der Waals surface area contributed by atoms with Gasteiger partial charge in [-0.15, -0.1) is 0 Å². The summed E-state index contributed by atoms with van der Waals surface area (Å²) in [5.74, 6) is 0.0440. The second kappa shape index (κ2) is 5.78. The van der Waals surface area contributed by atoms with E-state index in [1.165, 1.54) is 0 Å². The molecular formula is C17H20N2O. The second-order valence-corrected chi connectivity index (χ2v) is 4.93. The number of amides is 1.